The summed E-state index contributed by atoms with van der Waals surface area (Å²) in [5.41, 5.74) is 7.87. The van der Waals surface area contributed by atoms with Gasteiger partial charge in [0.1, 0.15) is 5.75 Å². The predicted molar refractivity (Wildman–Crippen MR) is 106 cm³/mol. The molecule has 2 aromatic rings. The highest BCUT2D eigenvalue weighted by Gasteiger charge is 2.28. The van der Waals surface area contributed by atoms with Gasteiger partial charge < -0.3 is 20.3 Å². The Morgan fingerprint density at radius 3 is 2.50 bits per heavy atom. The molecule has 0 radical (unpaired) electrons. The van der Waals surface area contributed by atoms with Crippen LogP contribution in [0.15, 0.2) is 42.5 Å². The number of rotatable bonds is 4. The number of hydrogen-bond donors (Lipinski definition) is 1. The van der Waals surface area contributed by atoms with Crippen LogP contribution >= 0.6 is 11.6 Å². The highest BCUT2D eigenvalue weighted by atomic mass is 35.5. The molecule has 1 heterocycles. The Bertz CT molecular complexity index is 774. The van der Waals surface area contributed by atoms with Gasteiger partial charge in [0.25, 0.3) is 5.91 Å². The molecular formula is C20H24ClN3O2. The zero-order chi connectivity index (χ0) is 18.7. The third-order valence-corrected chi connectivity index (χ3v) is 5.34. The predicted octanol–water partition coefficient (Wildman–Crippen LogP) is 3.67. The Balaban J connectivity index is 1.68. The van der Waals surface area contributed by atoms with Gasteiger partial charge in [-0.25, -0.2) is 0 Å². The average molecular weight is 374 g/mol. The minimum Gasteiger partial charge on any atom is -0.496 e. The van der Waals surface area contributed by atoms with Crippen molar-refractivity contribution in [3.05, 3.63) is 53.1 Å². The molecular weight excluding hydrogens is 350 g/mol. The average Bonchev–Trinajstić information content (AvgIpc) is 2.69. The van der Waals surface area contributed by atoms with Crippen LogP contribution in [0.5, 0.6) is 5.75 Å². The van der Waals surface area contributed by atoms with E-state index in [1.165, 1.54) is 12.8 Å². The van der Waals surface area contributed by atoms with E-state index in [0.29, 0.717) is 41.2 Å². The van der Waals surface area contributed by atoms with Gasteiger partial charge in [-0.2, -0.15) is 0 Å². The van der Waals surface area contributed by atoms with Crippen molar-refractivity contribution in [1.82, 2.24) is 4.90 Å². The summed E-state index contributed by atoms with van der Waals surface area (Å²) in [6, 6.07) is 13.9. The first-order chi connectivity index (χ1) is 12.5. The van der Waals surface area contributed by atoms with Crippen molar-refractivity contribution in [3.63, 3.8) is 0 Å². The Hall–Kier alpha value is -2.40. The van der Waals surface area contributed by atoms with E-state index in [2.05, 4.69) is 24.1 Å². The van der Waals surface area contributed by atoms with E-state index in [1.54, 1.807) is 12.1 Å². The first kappa shape index (κ1) is 18.4. The third kappa shape index (κ3) is 3.73. The van der Waals surface area contributed by atoms with Gasteiger partial charge in [-0.3, -0.25) is 4.79 Å². The first-order valence-electron chi connectivity index (χ1n) is 8.71. The van der Waals surface area contributed by atoms with E-state index < -0.39 is 0 Å². The van der Waals surface area contributed by atoms with Crippen LogP contribution < -0.4 is 15.4 Å². The van der Waals surface area contributed by atoms with Gasteiger partial charge in [-0.15, -0.1) is 0 Å². The summed E-state index contributed by atoms with van der Waals surface area (Å²) >= 11 is 6.10. The summed E-state index contributed by atoms with van der Waals surface area (Å²) in [4.78, 5) is 17.1. The third-order valence-electron chi connectivity index (χ3n) is 5.01. The van der Waals surface area contributed by atoms with Crippen LogP contribution in [0.25, 0.3) is 0 Å². The smallest absolute Gasteiger partial charge is 0.257 e. The molecule has 1 aliphatic rings. The number of nitrogens with two attached hydrogens (primary N) is 1. The van der Waals surface area contributed by atoms with Crippen molar-refractivity contribution in [3.8, 4) is 5.75 Å². The van der Waals surface area contributed by atoms with Crippen LogP contribution in [-0.2, 0) is 0 Å². The number of para-hydroxylation sites is 1. The number of carbonyl (C=O) groups excluding carboxylic acids is 1. The molecule has 0 aliphatic carbocycles. The summed E-state index contributed by atoms with van der Waals surface area (Å²) in [5, 5.41) is 0.368. The number of piperidine rings is 1. The van der Waals surface area contributed by atoms with Crippen LogP contribution in [0.1, 0.15) is 23.2 Å². The molecule has 0 atom stereocenters. The molecule has 1 saturated heterocycles. The van der Waals surface area contributed by atoms with Crippen molar-refractivity contribution in [1.29, 1.82) is 0 Å². The number of nitrogen functional groups attached to an aromatic ring is 1. The number of methoxy groups -OCH3 is 1. The molecule has 2 aromatic carbocycles. The number of halogens is 1. The van der Waals surface area contributed by atoms with Crippen molar-refractivity contribution in [2.75, 3.05) is 37.9 Å². The number of carbonyl (C=O) groups is 1. The van der Waals surface area contributed by atoms with E-state index in [9.17, 15) is 4.79 Å². The summed E-state index contributed by atoms with van der Waals surface area (Å²) in [6.45, 7) is 1.40. The molecule has 2 N–H and O–H groups in total. The molecule has 1 fully saturated rings. The Labute approximate surface area is 159 Å². The number of anilines is 2. The standard InChI is InChI=1S/C20H24ClN3O2/c1-23(14-6-4-3-5-7-14)15-8-10-24(11-9-15)20(25)16-12-17(21)18(22)13-19(16)26-2/h3-7,12-13,15H,8-11,22H2,1-2H3. The number of nitrogens with zero attached hydrogens (tertiary/aromatic N) is 2. The zero-order valence-corrected chi connectivity index (χ0v) is 15.9. The molecule has 26 heavy (non-hydrogen) atoms. The molecule has 1 amide bonds. The Morgan fingerprint density at radius 2 is 1.88 bits per heavy atom. The minimum atomic E-state index is -0.0652. The molecule has 3 rings (SSSR count). The molecule has 0 unspecified atom stereocenters. The lowest BCUT2D eigenvalue weighted by Gasteiger charge is -2.38. The molecule has 6 heteroatoms. The largest absolute Gasteiger partial charge is 0.496 e. The number of amides is 1. The normalized spacial score (nSPS) is 15.0. The van der Waals surface area contributed by atoms with Crippen LogP contribution in [0.3, 0.4) is 0 Å². The lowest BCUT2D eigenvalue weighted by Crippen LogP contribution is -2.45. The fourth-order valence-corrected chi connectivity index (χ4v) is 3.57. The second kappa shape index (κ2) is 7.87. The highest BCUT2D eigenvalue weighted by Crippen LogP contribution is 2.31. The molecule has 0 spiro atoms. The molecule has 1 aliphatic heterocycles. The van der Waals surface area contributed by atoms with Gasteiger partial charge in [0.2, 0.25) is 0 Å². The van der Waals surface area contributed by atoms with Gasteiger partial charge >= 0.3 is 0 Å². The van der Waals surface area contributed by atoms with Crippen LogP contribution in [-0.4, -0.2) is 44.1 Å². The van der Waals surface area contributed by atoms with E-state index >= 15 is 0 Å². The number of benzene rings is 2. The van der Waals surface area contributed by atoms with E-state index in [4.69, 9.17) is 22.1 Å². The van der Waals surface area contributed by atoms with Crippen LogP contribution in [0.4, 0.5) is 11.4 Å². The second-order valence-electron chi connectivity index (χ2n) is 6.54. The highest BCUT2D eigenvalue weighted by molar-refractivity contribution is 6.33. The summed E-state index contributed by atoms with van der Waals surface area (Å²) in [6.07, 6.45) is 1.84. The monoisotopic (exact) mass is 373 g/mol. The maximum absolute atomic E-state index is 12.9. The lowest BCUT2D eigenvalue weighted by atomic mass is 10.0. The summed E-state index contributed by atoms with van der Waals surface area (Å²) < 4.78 is 5.32. The quantitative estimate of drug-likeness (QED) is 0.831. The second-order valence-corrected chi connectivity index (χ2v) is 6.95. The molecule has 0 saturated carbocycles. The van der Waals surface area contributed by atoms with Crippen LogP contribution in [0.2, 0.25) is 5.02 Å². The molecule has 0 aromatic heterocycles. The Kier molecular flexibility index (Phi) is 5.57. The maximum atomic E-state index is 12.9. The maximum Gasteiger partial charge on any atom is 0.257 e. The van der Waals surface area contributed by atoms with E-state index in [0.717, 1.165) is 12.8 Å². The summed E-state index contributed by atoms with van der Waals surface area (Å²) in [5.74, 6) is 0.394. The lowest BCUT2D eigenvalue weighted by molar-refractivity contribution is 0.0710. The van der Waals surface area contributed by atoms with Gasteiger partial charge in [0, 0.05) is 37.9 Å². The minimum absolute atomic E-state index is 0.0652. The van der Waals surface area contributed by atoms with Crippen molar-refractivity contribution >= 4 is 28.9 Å². The first-order valence-corrected chi connectivity index (χ1v) is 9.09. The van der Waals surface area contributed by atoms with Gasteiger partial charge in [0.15, 0.2) is 0 Å². The Morgan fingerprint density at radius 1 is 1.23 bits per heavy atom. The number of hydrogen-bond acceptors (Lipinski definition) is 4. The van der Waals surface area contributed by atoms with Crippen molar-refractivity contribution in [2.24, 2.45) is 0 Å². The van der Waals surface area contributed by atoms with E-state index in [1.807, 2.05) is 23.1 Å². The molecule has 5 nitrogen and oxygen atoms in total. The summed E-state index contributed by atoms with van der Waals surface area (Å²) in [7, 11) is 3.64. The molecule has 138 valence electrons. The number of ether oxygens (including phenoxy) is 1. The van der Waals surface area contributed by atoms with Crippen molar-refractivity contribution < 1.29 is 9.53 Å². The fraction of sp³-hybridized carbons (Fsp3) is 0.350. The van der Waals surface area contributed by atoms with Gasteiger partial charge in [-0.1, -0.05) is 29.8 Å². The van der Waals surface area contributed by atoms with E-state index in [-0.39, 0.29) is 5.91 Å². The van der Waals surface area contributed by atoms with Crippen molar-refractivity contribution in [2.45, 2.75) is 18.9 Å². The van der Waals surface area contributed by atoms with Gasteiger partial charge in [-0.05, 0) is 31.0 Å². The van der Waals surface area contributed by atoms with Crippen LogP contribution in [0, 0.1) is 0 Å². The molecule has 0 bridgehead atoms. The zero-order valence-electron chi connectivity index (χ0n) is 15.1. The van der Waals surface area contributed by atoms with Gasteiger partial charge in [0.05, 0.1) is 23.4 Å². The topological polar surface area (TPSA) is 58.8 Å². The SMILES string of the molecule is COc1cc(N)c(Cl)cc1C(=O)N1CCC(N(C)c2ccccc2)CC1. The number of likely N-dealkylation sites (tertiary alicyclic amines) is 1. The fourth-order valence-electron chi connectivity index (χ4n) is 3.41.